The summed E-state index contributed by atoms with van der Waals surface area (Å²) < 4.78 is 34.8. The van der Waals surface area contributed by atoms with Gasteiger partial charge in [0.05, 0.1) is 12.6 Å². The lowest BCUT2D eigenvalue weighted by Gasteiger charge is -2.29. The first-order chi connectivity index (χ1) is 12.3. The molecule has 0 spiro atoms. The molecule has 3 heterocycles. The molecule has 3 fully saturated rings. The minimum absolute atomic E-state index is 0.0234. The molecule has 4 N–H and O–H groups in total. The number of nitrogens with zero attached hydrogens (tertiary/aromatic N) is 2. The summed E-state index contributed by atoms with van der Waals surface area (Å²) in [4.78, 5) is 30.9. The van der Waals surface area contributed by atoms with Crippen LogP contribution in [0.3, 0.4) is 0 Å². The van der Waals surface area contributed by atoms with Crippen molar-refractivity contribution in [2.45, 2.75) is 37.4 Å². The molecule has 2 bridgehead atoms. The van der Waals surface area contributed by atoms with Crippen LogP contribution in [-0.2, 0) is 24.3 Å². The van der Waals surface area contributed by atoms with Crippen molar-refractivity contribution in [1.29, 1.82) is 0 Å². The van der Waals surface area contributed by atoms with E-state index in [0.29, 0.717) is 24.4 Å². The molecule has 3 saturated heterocycles. The van der Waals surface area contributed by atoms with Gasteiger partial charge in [-0.3, -0.25) is 14.2 Å². The number of piperidine rings is 1. The van der Waals surface area contributed by atoms with E-state index in [9.17, 15) is 18.0 Å². The molecule has 148 valence electrons. The zero-order valence-electron chi connectivity index (χ0n) is 13.9. The molecular weight excluding hydrogens is 372 g/mol. The minimum atomic E-state index is -4.82. The van der Waals surface area contributed by atoms with Gasteiger partial charge in [-0.2, -0.15) is 13.5 Å². The number of amides is 3. The van der Waals surface area contributed by atoms with E-state index >= 15 is 0 Å². The van der Waals surface area contributed by atoms with Crippen LogP contribution in [0.15, 0.2) is 0 Å². The Hall–Kier alpha value is -1.51. The molecule has 3 rings (SSSR count). The Morgan fingerprint density at radius 1 is 1.38 bits per heavy atom. The third-order valence-corrected chi connectivity index (χ3v) is 5.18. The van der Waals surface area contributed by atoms with Crippen molar-refractivity contribution >= 4 is 22.3 Å². The summed E-state index contributed by atoms with van der Waals surface area (Å²) in [5.74, 6) is -0.340. The van der Waals surface area contributed by atoms with E-state index in [1.165, 1.54) is 4.90 Å². The second kappa shape index (κ2) is 7.62. The van der Waals surface area contributed by atoms with Gasteiger partial charge >= 0.3 is 16.4 Å². The number of carbonyl (C=O) groups is 2. The second-order valence-corrected chi connectivity index (χ2v) is 7.68. The quantitative estimate of drug-likeness (QED) is 0.283. The predicted octanol–water partition coefficient (Wildman–Crippen LogP) is -1.99. The lowest BCUT2D eigenvalue weighted by molar-refractivity contribution is -0.139. The Kier molecular flexibility index (Phi) is 5.64. The summed E-state index contributed by atoms with van der Waals surface area (Å²) in [6, 6.07) is -2.13. The largest absolute Gasteiger partial charge is 0.418 e. The van der Waals surface area contributed by atoms with Crippen molar-refractivity contribution < 1.29 is 36.8 Å². The number of rotatable bonds is 7. The highest BCUT2D eigenvalue weighted by atomic mass is 32.3. The van der Waals surface area contributed by atoms with E-state index in [1.807, 2.05) is 0 Å². The maximum absolute atomic E-state index is 12.3. The van der Waals surface area contributed by atoms with Gasteiger partial charge in [0, 0.05) is 25.7 Å². The molecule has 3 aliphatic rings. The van der Waals surface area contributed by atoms with E-state index in [0.717, 1.165) is 6.42 Å². The average Bonchev–Trinajstić information content (AvgIpc) is 3.13. The van der Waals surface area contributed by atoms with E-state index in [-0.39, 0.29) is 31.7 Å². The van der Waals surface area contributed by atoms with E-state index in [1.54, 1.807) is 0 Å². The molecule has 13 heteroatoms. The highest BCUT2D eigenvalue weighted by Crippen LogP contribution is 2.30. The fraction of sp³-hybridized carbons (Fsp3) is 0.846. The van der Waals surface area contributed by atoms with Gasteiger partial charge in [-0.15, -0.1) is 4.28 Å². The van der Waals surface area contributed by atoms with E-state index in [4.69, 9.17) is 14.5 Å². The monoisotopic (exact) mass is 394 g/mol. The van der Waals surface area contributed by atoms with Crippen molar-refractivity contribution in [2.24, 2.45) is 5.92 Å². The SMILES string of the molecule is O=C(NOC[C@@H]1C[C@@H](CO)CN1)C1CCC2CN1C(=O)N2OS(=O)(=O)O. The summed E-state index contributed by atoms with van der Waals surface area (Å²) >= 11 is 0. The van der Waals surface area contributed by atoms with Gasteiger partial charge in [-0.25, -0.2) is 10.3 Å². The molecule has 3 aliphatic heterocycles. The van der Waals surface area contributed by atoms with Crippen molar-refractivity contribution in [3.63, 3.8) is 0 Å². The standard InChI is InChI=1S/C13H22N4O8S/c18-6-8-3-9(14-4-8)7-24-15-12(19)11-2-1-10-5-16(11)13(20)17(10)25-26(21,22)23/h8-11,14,18H,1-7H2,(H,15,19)(H,21,22,23)/t8-,9+,10?,11?/m1/s1. The molecule has 0 radical (unpaired) electrons. The summed E-state index contributed by atoms with van der Waals surface area (Å²) in [6.07, 6.45) is 1.40. The fourth-order valence-electron chi connectivity index (χ4n) is 3.55. The number of aliphatic hydroxyl groups excluding tert-OH is 1. The molecule has 2 unspecified atom stereocenters. The normalized spacial score (nSPS) is 31.5. The third kappa shape index (κ3) is 4.24. The van der Waals surface area contributed by atoms with E-state index < -0.39 is 34.4 Å². The van der Waals surface area contributed by atoms with Crippen molar-refractivity contribution in [3.05, 3.63) is 0 Å². The Balaban J connectivity index is 1.49. The lowest BCUT2D eigenvalue weighted by Crippen LogP contribution is -2.50. The molecule has 0 saturated carbocycles. The van der Waals surface area contributed by atoms with Crippen LogP contribution in [-0.4, -0.2) is 84.4 Å². The van der Waals surface area contributed by atoms with E-state index in [2.05, 4.69) is 15.1 Å². The average molecular weight is 394 g/mol. The first-order valence-electron chi connectivity index (χ1n) is 8.31. The van der Waals surface area contributed by atoms with Gasteiger partial charge in [0.15, 0.2) is 0 Å². The maximum Gasteiger partial charge on any atom is 0.418 e. The summed E-state index contributed by atoms with van der Waals surface area (Å²) in [5.41, 5.74) is 2.32. The first kappa shape index (κ1) is 19.3. The third-order valence-electron chi connectivity index (χ3n) is 4.83. The summed E-state index contributed by atoms with van der Waals surface area (Å²) in [7, 11) is -4.82. The van der Waals surface area contributed by atoms with Gasteiger partial charge in [-0.05, 0) is 25.2 Å². The topological polar surface area (TPSA) is 158 Å². The zero-order chi connectivity index (χ0) is 18.9. The molecule has 0 aromatic heterocycles. The summed E-state index contributed by atoms with van der Waals surface area (Å²) in [5, 5.41) is 12.8. The zero-order valence-corrected chi connectivity index (χ0v) is 14.7. The first-order valence-corrected chi connectivity index (χ1v) is 9.67. The number of carbonyl (C=O) groups excluding carboxylic acids is 2. The molecule has 0 aliphatic carbocycles. The number of urea groups is 1. The molecule has 0 aromatic carbocycles. The predicted molar refractivity (Wildman–Crippen MR) is 84.5 cm³/mol. The Morgan fingerprint density at radius 3 is 2.81 bits per heavy atom. The van der Waals surface area contributed by atoms with Crippen LogP contribution in [0.4, 0.5) is 4.79 Å². The van der Waals surface area contributed by atoms with Gasteiger partial charge < -0.3 is 15.3 Å². The second-order valence-electron chi connectivity index (χ2n) is 6.68. The maximum atomic E-state index is 12.3. The van der Waals surface area contributed by atoms with Gasteiger partial charge in [0.1, 0.15) is 6.04 Å². The number of hydroxylamine groups is 3. The Labute approximate surface area is 150 Å². The van der Waals surface area contributed by atoms with Crippen LogP contribution in [0.1, 0.15) is 19.3 Å². The van der Waals surface area contributed by atoms with Crippen LogP contribution in [0.2, 0.25) is 0 Å². The molecular formula is C13H22N4O8S. The smallest absolute Gasteiger partial charge is 0.396 e. The number of fused-ring (bicyclic) bond motifs is 2. The molecule has 4 atom stereocenters. The molecule has 12 nitrogen and oxygen atoms in total. The van der Waals surface area contributed by atoms with Crippen molar-refractivity contribution in [1.82, 2.24) is 20.8 Å². The molecule has 26 heavy (non-hydrogen) atoms. The number of hydrogen-bond donors (Lipinski definition) is 4. The van der Waals surface area contributed by atoms with Crippen molar-refractivity contribution in [2.75, 3.05) is 26.3 Å². The fourth-order valence-corrected chi connectivity index (χ4v) is 3.94. The van der Waals surface area contributed by atoms with Gasteiger partial charge in [0.2, 0.25) is 0 Å². The van der Waals surface area contributed by atoms with Crippen LogP contribution >= 0.6 is 0 Å². The van der Waals surface area contributed by atoms with Crippen molar-refractivity contribution in [3.8, 4) is 0 Å². The Bertz CT molecular complexity index is 659. The molecule has 0 aromatic rings. The van der Waals surface area contributed by atoms with Crippen LogP contribution in [0, 0.1) is 5.92 Å². The van der Waals surface area contributed by atoms with Gasteiger partial charge in [0.25, 0.3) is 5.91 Å². The van der Waals surface area contributed by atoms with Crippen LogP contribution < -0.4 is 10.8 Å². The molecule has 3 amide bonds. The lowest BCUT2D eigenvalue weighted by atomic mass is 10.0. The minimum Gasteiger partial charge on any atom is -0.396 e. The van der Waals surface area contributed by atoms with Crippen LogP contribution in [0.25, 0.3) is 0 Å². The van der Waals surface area contributed by atoms with Crippen LogP contribution in [0.5, 0.6) is 0 Å². The highest BCUT2D eigenvalue weighted by Gasteiger charge is 2.49. The van der Waals surface area contributed by atoms with Gasteiger partial charge in [-0.1, -0.05) is 0 Å². The number of nitrogens with one attached hydrogen (secondary N) is 2. The summed E-state index contributed by atoms with van der Waals surface area (Å²) in [6.45, 7) is 1.13. The Morgan fingerprint density at radius 2 is 2.15 bits per heavy atom. The number of hydrogen-bond acceptors (Lipinski definition) is 8. The highest BCUT2D eigenvalue weighted by molar-refractivity contribution is 7.80. The number of aliphatic hydroxyl groups is 1.